The molecule has 33 heavy (non-hydrogen) atoms. The molecule has 0 saturated heterocycles. The standard InChI is InChI=1S/C26H28N4O3/c1-17(2)23(30-25(32)20-9-7-18(3)8-10-20)26(33)28-16-19-5-4-6-22(15-19)29-24(31)21-11-13-27-14-12-21/h4-15,17,23H,16H2,1-3H3,(H,28,33)(H,29,31)(H,30,32). The van der Waals surface area contributed by atoms with Crippen molar-refractivity contribution >= 4 is 23.4 Å². The van der Waals surface area contributed by atoms with Gasteiger partial charge in [-0.2, -0.15) is 0 Å². The average molecular weight is 445 g/mol. The molecule has 0 radical (unpaired) electrons. The number of amides is 3. The second-order valence-electron chi connectivity index (χ2n) is 8.17. The van der Waals surface area contributed by atoms with E-state index < -0.39 is 6.04 Å². The van der Waals surface area contributed by atoms with Gasteiger partial charge in [0.2, 0.25) is 5.91 Å². The van der Waals surface area contributed by atoms with Gasteiger partial charge in [-0.1, -0.05) is 43.7 Å². The molecule has 1 atom stereocenters. The zero-order chi connectivity index (χ0) is 23.8. The van der Waals surface area contributed by atoms with Crippen LogP contribution in [0, 0.1) is 12.8 Å². The Bertz CT molecular complexity index is 1110. The quantitative estimate of drug-likeness (QED) is 0.493. The Hall–Kier alpha value is -4.00. The maximum absolute atomic E-state index is 12.8. The van der Waals surface area contributed by atoms with E-state index in [4.69, 9.17) is 0 Å². The number of benzene rings is 2. The van der Waals surface area contributed by atoms with Gasteiger partial charge in [-0.05, 0) is 54.8 Å². The number of nitrogens with zero attached hydrogens (tertiary/aromatic N) is 1. The van der Waals surface area contributed by atoms with Crippen LogP contribution in [-0.2, 0) is 11.3 Å². The molecular formula is C26H28N4O3. The van der Waals surface area contributed by atoms with Crippen LogP contribution in [0.1, 0.15) is 45.7 Å². The zero-order valence-corrected chi connectivity index (χ0v) is 19.0. The third kappa shape index (κ3) is 6.74. The normalized spacial score (nSPS) is 11.5. The van der Waals surface area contributed by atoms with Crippen molar-refractivity contribution < 1.29 is 14.4 Å². The van der Waals surface area contributed by atoms with Gasteiger partial charge in [0.15, 0.2) is 0 Å². The van der Waals surface area contributed by atoms with Crippen LogP contribution >= 0.6 is 0 Å². The van der Waals surface area contributed by atoms with Crippen LogP contribution in [0.15, 0.2) is 73.1 Å². The zero-order valence-electron chi connectivity index (χ0n) is 19.0. The number of carbonyl (C=O) groups is 3. The summed E-state index contributed by atoms with van der Waals surface area (Å²) in [7, 11) is 0. The van der Waals surface area contributed by atoms with Gasteiger partial charge in [-0.25, -0.2) is 0 Å². The number of nitrogens with one attached hydrogen (secondary N) is 3. The Kier molecular flexibility index (Phi) is 7.91. The molecule has 7 nitrogen and oxygen atoms in total. The second kappa shape index (κ2) is 11.0. The van der Waals surface area contributed by atoms with Gasteiger partial charge in [0.1, 0.15) is 6.04 Å². The van der Waals surface area contributed by atoms with Gasteiger partial charge >= 0.3 is 0 Å². The fraction of sp³-hybridized carbons (Fsp3) is 0.231. The van der Waals surface area contributed by atoms with Gasteiger partial charge in [-0.3, -0.25) is 19.4 Å². The number of pyridine rings is 1. The smallest absolute Gasteiger partial charge is 0.255 e. The van der Waals surface area contributed by atoms with Crippen molar-refractivity contribution in [2.45, 2.75) is 33.4 Å². The van der Waals surface area contributed by atoms with E-state index in [0.29, 0.717) is 16.8 Å². The lowest BCUT2D eigenvalue weighted by Crippen LogP contribution is -2.49. The number of rotatable bonds is 8. The van der Waals surface area contributed by atoms with E-state index in [0.717, 1.165) is 11.1 Å². The summed E-state index contributed by atoms with van der Waals surface area (Å²) in [6.45, 7) is 5.98. The highest BCUT2D eigenvalue weighted by Gasteiger charge is 2.24. The molecule has 2 aromatic carbocycles. The maximum atomic E-state index is 12.8. The number of hydrogen-bond acceptors (Lipinski definition) is 4. The van der Waals surface area contributed by atoms with Gasteiger partial charge in [0.25, 0.3) is 11.8 Å². The molecule has 1 aromatic heterocycles. The lowest BCUT2D eigenvalue weighted by molar-refractivity contribution is -0.124. The summed E-state index contributed by atoms with van der Waals surface area (Å²) in [6, 6.07) is 17.1. The topological polar surface area (TPSA) is 100 Å². The Balaban J connectivity index is 1.60. The van der Waals surface area contributed by atoms with E-state index in [1.54, 1.807) is 48.8 Å². The van der Waals surface area contributed by atoms with E-state index >= 15 is 0 Å². The molecule has 0 aliphatic heterocycles. The van der Waals surface area contributed by atoms with Crippen LogP contribution in [0.25, 0.3) is 0 Å². The monoisotopic (exact) mass is 444 g/mol. The van der Waals surface area contributed by atoms with Crippen LogP contribution < -0.4 is 16.0 Å². The fourth-order valence-corrected chi connectivity index (χ4v) is 3.23. The van der Waals surface area contributed by atoms with Crippen molar-refractivity contribution in [1.29, 1.82) is 0 Å². The fourth-order valence-electron chi connectivity index (χ4n) is 3.23. The van der Waals surface area contributed by atoms with Crippen molar-refractivity contribution in [3.63, 3.8) is 0 Å². The molecule has 3 N–H and O–H groups in total. The van der Waals surface area contributed by atoms with Crippen LogP contribution in [0.2, 0.25) is 0 Å². The summed E-state index contributed by atoms with van der Waals surface area (Å²) >= 11 is 0. The first kappa shape index (κ1) is 23.7. The first-order valence-corrected chi connectivity index (χ1v) is 10.8. The molecule has 0 aliphatic rings. The highest BCUT2D eigenvalue weighted by molar-refractivity contribution is 6.04. The minimum atomic E-state index is -0.673. The third-order valence-corrected chi connectivity index (χ3v) is 5.14. The predicted octanol–water partition coefficient (Wildman–Crippen LogP) is 3.71. The van der Waals surface area contributed by atoms with Gasteiger partial charge in [0.05, 0.1) is 0 Å². The molecule has 0 bridgehead atoms. The van der Waals surface area contributed by atoms with Gasteiger partial charge in [0, 0.05) is 35.8 Å². The van der Waals surface area contributed by atoms with E-state index in [-0.39, 0.29) is 30.2 Å². The van der Waals surface area contributed by atoms with Crippen molar-refractivity contribution in [1.82, 2.24) is 15.6 Å². The molecule has 3 rings (SSSR count). The van der Waals surface area contributed by atoms with E-state index in [1.165, 1.54) is 0 Å². The first-order valence-electron chi connectivity index (χ1n) is 10.8. The molecular weight excluding hydrogens is 416 g/mol. The summed E-state index contributed by atoms with van der Waals surface area (Å²) < 4.78 is 0. The van der Waals surface area contributed by atoms with Crippen LogP contribution in [0.3, 0.4) is 0 Å². The van der Waals surface area contributed by atoms with Gasteiger partial charge < -0.3 is 16.0 Å². The molecule has 3 amide bonds. The lowest BCUT2D eigenvalue weighted by Gasteiger charge is -2.22. The molecule has 170 valence electrons. The molecule has 1 unspecified atom stereocenters. The third-order valence-electron chi connectivity index (χ3n) is 5.14. The molecule has 0 fully saturated rings. The van der Waals surface area contributed by atoms with E-state index in [9.17, 15) is 14.4 Å². The minimum Gasteiger partial charge on any atom is -0.350 e. The first-order chi connectivity index (χ1) is 15.8. The van der Waals surface area contributed by atoms with Crippen molar-refractivity contribution in [3.8, 4) is 0 Å². The maximum Gasteiger partial charge on any atom is 0.255 e. The van der Waals surface area contributed by atoms with Crippen molar-refractivity contribution in [3.05, 3.63) is 95.3 Å². The van der Waals surface area contributed by atoms with Crippen LogP contribution in [-0.4, -0.2) is 28.7 Å². The second-order valence-corrected chi connectivity index (χ2v) is 8.17. The number of anilines is 1. The largest absolute Gasteiger partial charge is 0.350 e. The van der Waals surface area contributed by atoms with Gasteiger partial charge in [-0.15, -0.1) is 0 Å². The molecule has 0 aliphatic carbocycles. The SMILES string of the molecule is Cc1ccc(C(=O)NC(C(=O)NCc2cccc(NC(=O)c3ccncc3)c2)C(C)C)cc1. The minimum absolute atomic E-state index is 0.0922. The molecule has 7 heteroatoms. The number of hydrogen-bond donors (Lipinski definition) is 3. The van der Waals surface area contributed by atoms with Crippen molar-refractivity contribution in [2.24, 2.45) is 5.92 Å². The van der Waals surface area contributed by atoms with Crippen molar-refractivity contribution in [2.75, 3.05) is 5.32 Å². The molecule has 1 heterocycles. The van der Waals surface area contributed by atoms with E-state index in [1.807, 2.05) is 45.0 Å². The average Bonchev–Trinajstić information content (AvgIpc) is 2.82. The summed E-state index contributed by atoms with van der Waals surface area (Å²) in [5.41, 5.74) is 3.52. The molecule has 0 spiro atoms. The number of aryl methyl sites for hydroxylation is 1. The lowest BCUT2D eigenvalue weighted by atomic mass is 10.0. The highest BCUT2D eigenvalue weighted by atomic mass is 16.2. The van der Waals surface area contributed by atoms with Crippen LogP contribution in [0.4, 0.5) is 5.69 Å². The number of aromatic nitrogens is 1. The highest BCUT2D eigenvalue weighted by Crippen LogP contribution is 2.13. The van der Waals surface area contributed by atoms with Crippen LogP contribution in [0.5, 0.6) is 0 Å². The summed E-state index contributed by atoms with van der Waals surface area (Å²) in [5.74, 6) is -0.885. The Morgan fingerprint density at radius 1 is 0.879 bits per heavy atom. The summed E-state index contributed by atoms with van der Waals surface area (Å²) in [4.78, 5) is 41.7. The Morgan fingerprint density at radius 3 is 2.21 bits per heavy atom. The predicted molar refractivity (Wildman–Crippen MR) is 128 cm³/mol. The number of carbonyl (C=O) groups excluding carboxylic acids is 3. The Morgan fingerprint density at radius 2 is 1.55 bits per heavy atom. The molecule has 3 aromatic rings. The summed E-state index contributed by atoms with van der Waals surface area (Å²) in [6.07, 6.45) is 3.12. The Labute approximate surface area is 193 Å². The van der Waals surface area contributed by atoms with E-state index in [2.05, 4.69) is 20.9 Å². The summed E-state index contributed by atoms with van der Waals surface area (Å²) in [5, 5.41) is 8.55. The molecule has 0 saturated carbocycles.